The van der Waals surface area contributed by atoms with Crippen molar-refractivity contribution in [3.8, 4) is 16.9 Å². The zero-order valence-corrected chi connectivity index (χ0v) is 10.4. The molecule has 2 rings (SSSR count). The number of ether oxygens (including phenoxy) is 1. The van der Waals surface area contributed by atoms with Gasteiger partial charge in [0.05, 0.1) is 12.2 Å². The summed E-state index contributed by atoms with van der Waals surface area (Å²) >= 11 is 0. The predicted molar refractivity (Wildman–Crippen MR) is 68.0 cm³/mol. The van der Waals surface area contributed by atoms with E-state index in [1.807, 2.05) is 6.92 Å². The number of hydrogen-bond donors (Lipinski definition) is 0. The van der Waals surface area contributed by atoms with Gasteiger partial charge in [-0.3, -0.25) is 0 Å². The molecule has 0 aliphatic carbocycles. The quantitative estimate of drug-likeness (QED) is 0.777. The summed E-state index contributed by atoms with van der Waals surface area (Å²) in [5.41, 5.74) is 0.0269. The molecule has 0 saturated carbocycles. The largest absolute Gasteiger partial charge is 0.494 e. The van der Waals surface area contributed by atoms with E-state index >= 15 is 0 Å². The molecule has 0 aliphatic rings. The van der Waals surface area contributed by atoms with Crippen LogP contribution >= 0.6 is 0 Å². The molecule has 0 radical (unpaired) electrons. The number of alkyl halides is 3. The van der Waals surface area contributed by atoms with E-state index in [-0.39, 0.29) is 5.56 Å². The molecule has 0 heterocycles. The summed E-state index contributed by atoms with van der Waals surface area (Å²) in [5.74, 6) is 0.567. The van der Waals surface area contributed by atoms with Gasteiger partial charge in [-0.05, 0) is 36.2 Å². The van der Waals surface area contributed by atoms with Gasteiger partial charge in [0.25, 0.3) is 0 Å². The minimum Gasteiger partial charge on any atom is -0.494 e. The van der Waals surface area contributed by atoms with Crippen LogP contribution in [0.1, 0.15) is 12.5 Å². The predicted octanol–water partition coefficient (Wildman–Crippen LogP) is 4.77. The molecule has 0 amide bonds. The third kappa shape index (κ3) is 3.08. The first-order chi connectivity index (χ1) is 9.02. The van der Waals surface area contributed by atoms with Crippen LogP contribution in [0.5, 0.6) is 5.75 Å². The third-order valence-electron chi connectivity index (χ3n) is 2.69. The molecule has 4 heteroatoms. The van der Waals surface area contributed by atoms with Crippen LogP contribution in [0, 0.1) is 0 Å². The van der Waals surface area contributed by atoms with E-state index in [9.17, 15) is 13.2 Å². The lowest BCUT2D eigenvalue weighted by Gasteiger charge is -2.13. The smallest absolute Gasteiger partial charge is 0.417 e. The Bertz CT molecular complexity index is 561. The van der Waals surface area contributed by atoms with Gasteiger partial charge in [-0.2, -0.15) is 13.2 Å². The lowest BCUT2D eigenvalue weighted by atomic mass is 9.99. The van der Waals surface area contributed by atoms with Gasteiger partial charge in [0.1, 0.15) is 5.75 Å². The van der Waals surface area contributed by atoms with Crippen LogP contribution in [-0.2, 0) is 6.18 Å². The van der Waals surface area contributed by atoms with Gasteiger partial charge in [-0.25, -0.2) is 0 Å². The fourth-order valence-electron chi connectivity index (χ4n) is 1.90. The van der Waals surface area contributed by atoms with Crippen LogP contribution in [-0.4, -0.2) is 6.61 Å². The van der Waals surface area contributed by atoms with Gasteiger partial charge in [-0.15, -0.1) is 0 Å². The van der Waals surface area contributed by atoms with E-state index in [0.717, 1.165) is 6.07 Å². The van der Waals surface area contributed by atoms with Crippen LogP contribution in [0.15, 0.2) is 48.5 Å². The second-order valence-electron chi connectivity index (χ2n) is 4.00. The Hall–Kier alpha value is -1.97. The number of rotatable bonds is 3. The first-order valence-electron chi connectivity index (χ1n) is 5.92. The van der Waals surface area contributed by atoms with Crippen molar-refractivity contribution in [2.75, 3.05) is 6.61 Å². The summed E-state index contributed by atoms with van der Waals surface area (Å²) in [6.45, 7) is 2.31. The summed E-state index contributed by atoms with van der Waals surface area (Å²) in [4.78, 5) is 0. The van der Waals surface area contributed by atoms with Gasteiger partial charge < -0.3 is 4.74 Å². The number of hydrogen-bond acceptors (Lipinski definition) is 1. The highest BCUT2D eigenvalue weighted by atomic mass is 19.4. The van der Waals surface area contributed by atoms with Crippen LogP contribution in [0.25, 0.3) is 11.1 Å². The molecule has 0 saturated heterocycles. The highest BCUT2D eigenvalue weighted by Gasteiger charge is 2.33. The summed E-state index contributed by atoms with van der Waals surface area (Å²) in [5, 5.41) is 0. The lowest BCUT2D eigenvalue weighted by molar-refractivity contribution is -0.137. The normalized spacial score (nSPS) is 11.4. The molecule has 0 N–H and O–H groups in total. The first kappa shape index (κ1) is 13.5. The molecule has 2 aromatic carbocycles. The monoisotopic (exact) mass is 266 g/mol. The SMILES string of the molecule is CCOc1cccc(-c2ccccc2C(F)(F)F)c1. The Labute approximate surface area is 109 Å². The first-order valence-corrected chi connectivity index (χ1v) is 5.92. The van der Waals surface area contributed by atoms with Crippen LogP contribution in [0.2, 0.25) is 0 Å². The average molecular weight is 266 g/mol. The highest BCUT2D eigenvalue weighted by molar-refractivity contribution is 5.69. The summed E-state index contributed by atoms with van der Waals surface area (Å²) < 4.78 is 44.2. The molecule has 0 spiro atoms. The zero-order chi connectivity index (χ0) is 13.9. The summed E-state index contributed by atoms with van der Waals surface area (Å²) in [6, 6.07) is 12.2. The third-order valence-corrected chi connectivity index (χ3v) is 2.69. The highest BCUT2D eigenvalue weighted by Crippen LogP contribution is 2.37. The van der Waals surface area contributed by atoms with Crippen molar-refractivity contribution in [3.05, 3.63) is 54.1 Å². The van der Waals surface area contributed by atoms with E-state index in [1.54, 1.807) is 30.3 Å². The second kappa shape index (κ2) is 5.34. The molecular formula is C15H13F3O. The number of benzene rings is 2. The molecule has 0 fully saturated rings. The fourth-order valence-corrected chi connectivity index (χ4v) is 1.90. The fraction of sp³-hybridized carbons (Fsp3) is 0.200. The van der Waals surface area contributed by atoms with E-state index in [0.29, 0.717) is 17.9 Å². The minimum absolute atomic E-state index is 0.163. The van der Waals surface area contributed by atoms with E-state index < -0.39 is 11.7 Å². The Kier molecular flexibility index (Phi) is 3.79. The van der Waals surface area contributed by atoms with E-state index in [2.05, 4.69) is 0 Å². The van der Waals surface area contributed by atoms with Gasteiger partial charge in [-0.1, -0.05) is 30.3 Å². The standard InChI is InChI=1S/C15H13F3O/c1-2-19-12-7-5-6-11(10-12)13-8-3-4-9-14(13)15(16,17)18/h3-10H,2H2,1H3. The van der Waals surface area contributed by atoms with Crippen LogP contribution in [0.3, 0.4) is 0 Å². The minimum atomic E-state index is -4.36. The van der Waals surface area contributed by atoms with Gasteiger partial charge in [0.15, 0.2) is 0 Å². The molecule has 0 bridgehead atoms. The topological polar surface area (TPSA) is 9.23 Å². The Morgan fingerprint density at radius 1 is 1.00 bits per heavy atom. The second-order valence-corrected chi connectivity index (χ2v) is 4.00. The van der Waals surface area contributed by atoms with E-state index in [4.69, 9.17) is 4.74 Å². The van der Waals surface area contributed by atoms with Crippen molar-refractivity contribution in [1.29, 1.82) is 0 Å². The van der Waals surface area contributed by atoms with Crippen LogP contribution < -0.4 is 4.74 Å². The van der Waals surface area contributed by atoms with Gasteiger partial charge in [0, 0.05) is 0 Å². The molecule has 2 aromatic rings. The molecule has 19 heavy (non-hydrogen) atoms. The Balaban J connectivity index is 2.50. The average Bonchev–Trinajstić information content (AvgIpc) is 2.38. The maximum atomic E-state index is 13.0. The molecule has 0 unspecified atom stereocenters. The maximum Gasteiger partial charge on any atom is 0.417 e. The molecule has 1 nitrogen and oxygen atoms in total. The van der Waals surface area contributed by atoms with E-state index in [1.165, 1.54) is 12.1 Å². The van der Waals surface area contributed by atoms with Crippen molar-refractivity contribution < 1.29 is 17.9 Å². The van der Waals surface area contributed by atoms with Crippen molar-refractivity contribution in [2.24, 2.45) is 0 Å². The molecule has 0 aliphatic heterocycles. The molecule has 100 valence electrons. The Morgan fingerprint density at radius 2 is 1.74 bits per heavy atom. The summed E-state index contributed by atoms with van der Waals surface area (Å²) in [7, 11) is 0. The van der Waals surface area contributed by atoms with Crippen molar-refractivity contribution in [2.45, 2.75) is 13.1 Å². The van der Waals surface area contributed by atoms with Gasteiger partial charge >= 0.3 is 6.18 Å². The lowest BCUT2D eigenvalue weighted by Crippen LogP contribution is -2.06. The molecule has 0 atom stereocenters. The zero-order valence-electron chi connectivity index (χ0n) is 10.4. The van der Waals surface area contributed by atoms with Gasteiger partial charge in [0.2, 0.25) is 0 Å². The summed E-state index contributed by atoms with van der Waals surface area (Å²) in [6.07, 6.45) is -4.36. The van der Waals surface area contributed by atoms with Crippen molar-refractivity contribution in [3.63, 3.8) is 0 Å². The van der Waals surface area contributed by atoms with Crippen molar-refractivity contribution in [1.82, 2.24) is 0 Å². The number of halogens is 3. The van der Waals surface area contributed by atoms with Crippen LogP contribution in [0.4, 0.5) is 13.2 Å². The van der Waals surface area contributed by atoms with Crippen molar-refractivity contribution >= 4 is 0 Å². The Morgan fingerprint density at radius 3 is 2.42 bits per heavy atom. The molecular weight excluding hydrogens is 253 g/mol. The maximum absolute atomic E-state index is 13.0. The molecule has 0 aromatic heterocycles.